The molecule has 0 aliphatic carbocycles. The highest BCUT2D eigenvalue weighted by atomic mass is 16.4. The summed E-state index contributed by atoms with van der Waals surface area (Å²) >= 11 is 0. The van der Waals surface area contributed by atoms with Gasteiger partial charge in [-0.25, -0.2) is 4.79 Å². The van der Waals surface area contributed by atoms with Gasteiger partial charge < -0.3 is 15.3 Å². The lowest BCUT2D eigenvalue weighted by Gasteiger charge is -2.06. The maximum atomic E-state index is 10.8. The molecule has 1 aromatic heterocycles. The number of aromatic nitrogens is 2. The molecule has 0 unspecified atom stereocenters. The number of nitrogens with zero attached hydrogens (tertiary/aromatic N) is 3. The smallest absolute Gasteiger partial charge is 0.356 e. The van der Waals surface area contributed by atoms with E-state index in [1.165, 1.54) is 23.9 Å². The lowest BCUT2D eigenvalue weighted by Crippen LogP contribution is -1.99. The van der Waals surface area contributed by atoms with E-state index in [2.05, 4.69) is 5.10 Å². The third kappa shape index (κ3) is 2.07. The Balaban J connectivity index is 2.65. The van der Waals surface area contributed by atoms with Gasteiger partial charge in [-0.05, 0) is 12.1 Å². The SMILES string of the molecule is Cn1nc(C(=O)O)cc1-c1cc(C#N)c(O)cc1O. The number of phenols is 2. The van der Waals surface area contributed by atoms with Crippen LogP contribution in [0.3, 0.4) is 0 Å². The Bertz CT molecular complexity index is 712. The summed E-state index contributed by atoms with van der Waals surface area (Å²) in [6.07, 6.45) is 0. The molecule has 19 heavy (non-hydrogen) atoms. The number of carboxylic acid groups (broad SMARTS) is 1. The van der Waals surface area contributed by atoms with Crippen LogP contribution in [0.15, 0.2) is 18.2 Å². The van der Waals surface area contributed by atoms with E-state index < -0.39 is 5.97 Å². The average Bonchev–Trinajstić information content (AvgIpc) is 2.72. The third-order valence-electron chi connectivity index (χ3n) is 2.61. The first-order chi connectivity index (χ1) is 8.93. The Morgan fingerprint density at radius 1 is 1.32 bits per heavy atom. The molecule has 0 radical (unpaired) electrons. The van der Waals surface area contributed by atoms with E-state index in [0.717, 1.165) is 6.07 Å². The van der Waals surface area contributed by atoms with Crippen molar-refractivity contribution in [1.82, 2.24) is 9.78 Å². The van der Waals surface area contributed by atoms with Crippen molar-refractivity contribution < 1.29 is 20.1 Å². The van der Waals surface area contributed by atoms with Gasteiger partial charge in [0.15, 0.2) is 5.69 Å². The van der Waals surface area contributed by atoms with Crippen LogP contribution in [0, 0.1) is 11.3 Å². The van der Waals surface area contributed by atoms with Gasteiger partial charge in [0.2, 0.25) is 0 Å². The molecule has 2 aromatic rings. The van der Waals surface area contributed by atoms with Crippen LogP contribution in [0.2, 0.25) is 0 Å². The number of rotatable bonds is 2. The molecule has 96 valence electrons. The molecule has 3 N–H and O–H groups in total. The summed E-state index contributed by atoms with van der Waals surface area (Å²) in [6, 6.07) is 5.35. The summed E-state index contributed by atoms with van der Waals surface area (Å²) in [5.41, 5.74) is 0.345. The number of benzene rings is 1. The number of carboxylic acids is 1. The van der Waals surface area contributed by atoms with Crippen molar-refractivity contribution in [3.63, 3.8) is 0 Å². The van der Waals surface area contributed by atoms with Gasteiger partial charge in [0.25, 0.3) is 0 Å². The van der Waals surface area contributed by atoms with E-state index in [-0.39, 0.29) is 28.3 Å². The van der Waals surface area contributed by atoms with Gasteiger partial charge in [-0.2, -0.15) is 10.4 Å². The fourth-order valence-electron chi connectivity index (χ4n) is 1.70. The number of aromatic hydroxyl groups is 2. The second kappa shape index (κ2) is 4.34. The lowest BCUT2D eigenvalue weighted by molar-refractivity contribution is 0.0689. The second-order valence-corrected chi connectivity index (χ2v) is 3.84. The number of phenolic OH excluding ortho intramolecular Hbond substituents is 2. The van der Waals surface area contributed by atoms with E-state index in [0.29, 0.717) is 5.69 Å². The normalized spacial score (nSPS) is 10.1. The topological polar surface area (TPSA) is 119 Å². The molecule has 1 aromatic carbocycles. The Kier molecular flexibility index (Phi) is 2.85. The van der Waals surface area contributed by atoms with Crippen molar-refractivity contribution in [2.75, 3.05) is 0 Å². The molecule has 0 bridgehead atoms. The van der Waals surface area contributed by atoms with E-state index in [4.69, 9.17) is 10.4 Å². The molecule has 7 heteroatoms. The zero-order chi connectivity index (χ0) is 14.2. The minimum atomic E-state index is -1.19. The first-order valence-corrected chi connectivity index (χ1v) is 5.18. The average molecular weight is 259 g/mol. The fraction of sp³-hybridized carbons (Fsp3) is 0.0833. The highest BCUT2D eigenvalue weighted by molar-refractivity contribution is 5.87. The zero-order valence-corrected chi connectivity index (χ0v) is 9.82. The molecule has 0 aliphatic rings. The molecule has 7 nitrogen and oxygen atoms in total. The van der Waals surface area contributed by atoms with Crippen molar-refractivity contribution in [2.45, 2.75) is 0 Å². The summed E-state index contributed by atoms with van der Waals surface area (Å²) in [5.74, 6) is -1.80. The predicted molar refractivity (Wildman–Crippen MR) is 63.6 cm³/mol. The first kappa shape index (κ1) is 12.4. The van der Waals surface area contributed by atoms with Crippen LogP contribution in [0.25, 0.3) is 11.3 Å². The first-order valence-electron chi connectivity index (χ1n) is 5.18. The van der Waals surface area contributed by atoms with Crippen LogP contribution in [0.1, 0.15) is 16.1 Å². The maximum absolute atomic E-state index is 10.8. The Morgan fingerprint density at radius 2 is 2.00 bits per heavy atom. The molecular formula is C12H9N3O4. The van der Waals surface area contributed by atoms with Crippen LogP contribution in [0.5, 0.6) is 11.5 Å². The Morgan fingerprint density at radius 3 is 2.53 bits per heavy atom. The van der Waals surface area contributed by atoms with Crippen molar-refractivity contribution in [1.29, 1.82) is 5.26 Å². The monoisotopic (exact) mass is 259 g/mol. The molecule has 0 aliphatic heterocycles. The summed E-state index contributed by atoms with van der Waals surface area (Å²) in [7, 11) is 1.51. The van der Waals surface area contributed by atoms with E-state index in [1.807, 2.05) is 0 Å². The van der Waals surface area contributed by atoms with Gasteiger partial charge in [-0.1, -0.05) is 0 Å². The molecular weight excluding hydrogens is 250 g/mol. The summed E-state index contributed by atoms with van der Waals surface area (Å²) in [6.45, 7) is 0. The molecule has 1 heterocycles. The third-order valence-corrected chi connectivity index (χ3v) is 2.61. The molecule has 2 rings (SSSR count). The van der Waals surface area contributed by atoms with Crippen LogP contribution in [0.4, 0.5) is 0 Å². The zero-order valence-electron chi connectivity index (χ0n) is 9.82. The number of nitriles is 1. The molecule has 0 amide bonds. The summed E-state index contributed by atoms with van der Waals surface area (Å²) < 4.78 is 1.27. The Labute approximate surface area is 107 Å². The highest BCUT2D eigenvalue weighted by Gasteiger charge is 2.17. The standard InChI is InChI=1S/C12H9N3O4/c1-15-9(3-8(14-15)12(18)19)7-2-6(5-13)10(16)4-11(7)17/h2-4,16-17H,1H3,(H,18,19). The van der Waals surface area contributed by atoms with Crippen LogP contribution in [-0.2, 0) is 7.05 Å². The number of hydrogen-bond acceptors (Lipinski definition) is 5. The van der Waals surface area contributed by atoms with Crippen molar-refractivity contribution >= 4 is 5.97 Å². The van der Waals surface area contributed by atoms with Crippen molar-refractivity contribution in [3.8, 4) is 28.8 Å². The summed E-state index contributed by atoms with van der Waals surface area (Å²) in [5, 5.41) is 40.7. The largest absolute Gasteiger partial charge is 0.507 e. The van der Waals surface area contributed by atoms with Gasteiger partial charge in [0, 0.05) is 18.7 Å². The minimum Gasteiger partial charge on any atom is -0.507 e. The highest BCUT2D eigenvalue weighted by Crippen LogP contribution is 2.34. The fourth-order valence-corrected chi connectivity index (χ4v) is 1.70. The van der Waals surface area contributed by atoms with Gasteiger partial charge >= 0.3 is 5.97 Å². The van der Waals surface area contributed by atoms with Crippen LogP contribution < -0.4 is 0 Å². The molecule has 0 saturated carbocycles. The summed E-state index contributed by atoms with van der Waals surface area (Å²) in [4.78, 5) is 10.8. The second-order valence-electron chi connectivity index (χ2n) is 3.84. The van der Waals surface area contributed by atoms with Gasteiger partial charge in [0.1, 0.15) is 17.6 Å². The molecule has 0 spiro atoms. The van der Waals surface area contributed by atoms with Gasteiger partial charge in [-0.3, -0.25) is 4.68 Å². The maximum Gasteiger partial charge on any atom is 0.356 e. The van der Waals surface area contributed by atoms with E-state index >= 15 is 0 Å². The van der Waals surface area contributed by atoms with E-state index in [9.17, 15) is 15.0 Å². The number of hydrogen-bond donors (Lipinski definition) is 3. The lowest BCUT2D eigenvalue weighted by atomic mass is 10.1. The quantitative estimate of drug-likeness (QED) is 0.742. The molecule has 0 saturated heterocycles. The predicted octanol–water partition coefficient (Wildman–Crippen LogP) is 1.07. The van der Waals surface area contributed by atoms with Crippen LogP contribution >= 0.6 is 0 Å². The van der Waals surface area contributed by atoms with Gasteiger partial charge in [0.05, 0.1) is 11.3 Å². The molecule has 0 fully saturated rings. The van der Waals surface area contributed by atoms with Crippen LogP contribution in [-0.4, -0.2) is 31.1 Å². The Hall–Kier alpha value is -3.01. The number of aryl methyl sites for hydroxylation is 1. The molecule has 0 atom stereocenters. The van der Waals surface area contributed by atoms with E-state index in [1.54, 1.807) is 6.07 Å². The van der Waals surface area contributed by atoms with Crippen molar-refractivity contribution in [2.24, 2.45) is 7.05 Å². The van der Waals surface area contributed by atoms with Gasteiger partial charge in [-0.15, -0.1) is 0 Å². The number of carbonyl (C=O) groups is 1. The van der Waals surface area contributed by atoms with Crippen molar-refractivity contribution in [3.05, 3.63) is 29.5 Å². The minimum absolute atomic E-state index is 0.0223. The number of aromatic carboxylic acids is 1.